The zero-order chi connectivity index (χ0) is 26.7. The van der Waals surface area contributed by atoms with E-state index < -0.39 is 23.5 Å². The Balaban J connectivity index is 0.000000195. The topological polar surface area (TPSA) is 116 Å². The minimum absolute atomic E-state index is 0.0511. The SMILES string of the molecule is CC(O)COC1CCN(C2COC2)C1.NC(=O)c1cc2c(ccn2-c2ncc(C(F)(F)F)cc2F)cn1. The smallest absolute Gasteiger partial charge is 0.391 e. The van der Waals surface area contributed by atoms with Gasteiger partial charge in [-0.3, -0.25) is 19.2 Å². The van der Waals surface area contributed by atoms with E-state index in [0.29, 0.717) is 41.9 Å². The predicted octanol–water partition coefficient (Wildman–Crippen LogP) is 2.53. The van der Waals surface area contributed by atoms with Crippen molar-refractivity contribution in [3.63, 3.8) is 0 Å². The second-order valence-corrected chi connectivity index (χ2v) is 8.98. The molecule has 2 aliphatic heterocycles. The molecule has 2 fully saturated rings. The Morgan fingerprint density at radius 1 is 1.30 bits per heavy atom. The number of rotatable bonds is 6. The summed E-state index contributed by atoms with van der Waals surface area (Å²) < 4.78 is 63.7. The van der Waals surface area contributed by atoms with Crippen LogP contribution in [0, 0.1) is 5.82 Å². The summed E-state index contributed by atoms with van der Waals surface area (Å²) in [5, 5.41) is 9.64. The maximum absolute atomic E-state index is 14.0. The lowest BCUT2D eigenvalue weighted by Gasteiger charge is -2.34. The van der Waals surface area contributed by atoms with Crippen molar-refractivity contribution in [2.75, 3.05) is 32.9 Å². The number of carbonyl (C=O) groups excluding carboxylic acids is 1. The van der Waals surface area contributed by atoms with Crippen LogP contribution in [0.4, 0.5) is 17.6 Å². The number of alkyl halides is 3. The molecule has 3 aromatic heterocycles. The van der Waals surface area contributed by atoms with Crippen molar-refractivity contribution in [2.45, 2.75) is 37.8 Å². The van der Waals surface area contributed by atoms with Gasteiger partial charge < -0.3 is 20.3 Å². The number of hydrogen-bond donors (Lipinski definition) is 2. The zero-order valence-electron chi connectivity index (χ0n) is 20.0. The highest BCUT2D eigenvalue weighted by atomic mass is 19.4. The molecule has 37 heavy (non-hydrogen) atoms. The first-order valence-corrected chi connectivity index (χ1v) is 11.6. The Bertz CT molecular complexity index is 1250. The number of hydrogen-bond acceptors (Lipinski definition) is 7. The third-order valence-corrected chi connectivity index (χ3v) is 6.09. The molecule has 0 aromatic carbocycles. The fourth-order valence-corrected chi connectivity index (χ4v) is 4.04. The van der Waals surface area contributed by atoms with E-state index in [1.807, 2.05) is 0 Å². The van der Waals surface area contributed by atoms with E-state index in [1.54, 1.807) is 13.0 Å². The number of halogens is 4. The summed E-state index contributed by atoms with van der Waals surface area (Å²) in [6.07, 6.45) is -0.331. The fraction of sp³-hybridized carbons (Fsp3) is 0.458. The first kappa shape index (κ1) is 26.9. The molecule has 9 nitrogen and oxygen atoms in total. The Morgan fingerprint density at radius 3 is 2.65 bits per heavy atom. The van der Waals surface area contributed by atoms with E-state index in [2.05, 4.69) is 14.9 Å². The summed E-state index contributed by atoms with van der Waals surface area (Å²) in [5.74, 6) is -2.25. The first-order chi connectivity index (χ1) is 17.5. The van der Waals surface area contributed by atoms with Gasteiger partial charge in [-0.2, -0.15) is 13.2 Å². The maximum atomic E-state index is 14.0. The number of fused-ring (bicyclic) bond motifs is 1. The van der Waals surface area contributed by atoms with Crippen molar-refractivity contribution in [1.82, 2.24) is 19.4 Å². The molecule has 2 atom stereocenters. The number of pyridine rings is 2. The summed E-state index contributed by atoms with van der Waals surface area (Å²) in [5.41, 5.74) is 4.25. The molecule has 1 amide bonds. The Morgan fingerprint density at radius 2 is 2.05 bits per heavy atom. The summed E-state index contributed by atoms with van der Waals surface area (Å²) >= 11 is 0. The van der Waals surface area contributed by atoms with Crippen LogP contribution < -0.4 is 5.73 Å². The lowest BCUT2D eigenvalue weighted by atomic mass is 10.2. The number of primary amides is 1. The van der Waals surface area contributed by atoms with E-state index in [0.717, 1.165) is 32.7 Å². The van der Waals surface area contributed by atoms with Crippen molar-refractivity contribution in [3.05, 3.63) is 53.9 Å². The van der Waals surface area contributed by atoms with Crippen LogP contribution in [0.15, 0.2) is 36.8 Å². The molecule has 0 saturated carbocycles. The molecule has 0 aliphatic carbocycles. The van der Waals surface area contributed by atoms with Crippen LogP contribution in [0.2, 0.25) is 0 Å². The van der Waals surface area contributed by atoms with Gasteiger partial charge in [0.15, 0.2) is 11.6 Å². The van der Waals surface area contributed by atoms with Gasteiger partial charge in [-0.15, -0.1) is 0 Å². The van der Waals surface area contributed by atoms with Crippen LogP contribution >= 0.6 is 0 Å². The lowest BCUT2D eigenvalue weighted by Crippen LogP contribution is -2.48. The number of amides is 1. The lowest BCUT2D eigenvalue weighted by molar-refractivity contribution is -0.138. The number of nitrogens with two attached hydrogens (primary N) is 1. The van der Waals surface area contributed by atoms with Crippen LogP contribution in [-0.4, -0.2) is 81.6 Å². The number of aromatic nitrogens is 3. The summed E-state index contributed by atoms with van der Waals surface area (Å²) in [7, 11) is 0. The van der Waals surface area contributed by atoms with Gasteiger partial charge in [0, 0.05) is 37.1 Å². The zero-order valence-corrected chi connectivity index (χ0v) is 20.0. The number of nitrogens with zero attached hydrogens (tertiary/aromatic N) is 4. The Labute approximate surface area is 209 Å². The molecule has 2 aliphatic rings. The minimum Gasteiger partial charge on any atom is -0.391 e. The second-order valence-electron chi connectivity index (χ2n) is 8.98. The number of carbonyl (C=O) groups is 1. The van der Waals surface area contributed by atoms with Crippen LogP contribution in [0.5, 0.6) is 0 Å². The van der Waals surface area contributed by atoms with E-state index in [9.17, 15) is 22.4 Å². The van der Waals surface area contributed by atoms with Crippen molar-refractivity contribution in [1.29, 1.82) is 0 Å². The van der Waals surface area contributed by atoms with Crippen LogP contribution in [0.25, 0.3) is 16.7 Å². The molecule has 200 valence electrons. The third kappa shape index (κ3) is 6.42. The molecule has 2 saturated heterocycles. The predicted molar refractivity (Wildman–Crippen MR) is 125 cm³/mol. The van der Waals surface area contributed by atoms with Gasteiger partial charge in [-0.25, -0.2) is 9.37 Å². The molecule has 5 heterocycles. The Kier molecular flexibility index (Phi) is 8.07. The van der Waals surface area contributed by atoms with Gasteiger partial charge in [0.25, 0.3) is 5.91 Å². The van der Waals surface area contributed by atoms with Gasteiger partial charge in [0.2, 0.25) is 0 Å². The molecular formula is C24H27F4N5O4. The summed E-state index contributed by atoms with van der Waals surface area (Å²) in [4.78, 5) is 21.0. The maximum Gasteiger partial charge on any atom is 0.417 e. The summed E-state index contributed by atoms with van der Waals surface area (Å²) in [6.45, 7) is 6.08. The largest absolute Gasteiger partial charge is 0.417 e. The molecule has 2 unspecified atom stereocenters. The van der Waals surface area contributed by atoms with Crippen LogP contribution in [0.3, 0.4) is 0 Å². The highest BCUT2D eigenvalue weighted by molar-refractivity contribution is 5.94. The van der Waals surface area contributed by atoms with Gasteiger partial charge >= 0.3 is 6.18 Å². The number of aliphatic hydroxyl groups excluding tert-OH is 1. The number of aliphatic hydroxyl groups is 1. The van der Waals surface area contributed by atoms with Crippen molar-refractivity contribution < 1.29 is 36.9 Å². The van der Waals surface area contributed by atoms with Crippen LogP contribution in [-0.2, 0) is 15.7 Å². The molecule has 5 rings (SSSR count). The van der Waals surface area contributed by atoms with Gasteiger partial charge in [-0.1, -0.05) is 0 Å². The van der Waals surface area contributed by atoms with Gasteiger partial charge in [0.05, 0.1) is 49.2 Å². The standard InChI is InChI=1S/C14H8F4N4O.C10H19NO3/c15-9-3-8(14(16,17)18)6-21-13(9)22-2-1-7-5-20-10(12(19)23)4-11(7)22;1-8(12)5-14-10-2-3-11(4-10)9-6-13-7-9/h1-6H,(H2,19,23);8-10,12H,2-7H2,1H3. The first-order valence-electron chi connectivity index (χ1n) is 11.6. The highest BCUT2D eigenvalue weighted by Gasteiger charge is 2.33. The van der Waals surface area contributed by atoms with E-state index in [1.165, 1.54) is 23.0 Å². The van der Waals surface area contributed by atoms with Crippen LogP contribution in [0.1, 0.15) is 29.4 Å². The molecular weight excluding hydrogens is 498 g/mol. The molecule has 0 radical (unpaired) electrons. The van der Waals surface area contributed by atoms with Crippen molar-refractivity contribution in [2.24, 2.45) is 5.73 Å². The van der Waals surface area contributed by atoms with E-state index >= 15 is 0 Å². The fourth-order valence-electron chi connectivity index (χ4n) is 4.04. The van der Waals surface area contributed by atoms with Crippen molar-refractivity contribution in [3.8, 4) is 5.82 Å². The molecule has 0 spiro atoms. The number of ether oxygens (including phenoxy) is 2. The third-order valence-electron chi connectivity index (χ3n) is 6.09. The number of likely N-dealkylation sites (tertiary alicyclic amines) is 1. The quantitative estimate of drug-likeness (QED) is 0.475. The van der Waals surface area contributed by atoms with Gasteiger partial charge in [-0.05, 0) is 31.5 Å². The normalized spacial score (nSPS) is 19.4. The average Bonchev–Trinajstić information content (AvgIpc) is 3.43. The van der Waals surface area contributed by atoms with E-state index in [4.69, 9.17) is 20.3 Å². The summed E-state index contributed by atoms with van der Waals surface area (Å²) in [6, 6.07) is 3.86. The highest BCUT2D eigenvalue weighted by Crippen LogP contribution is 2.30. The molecule has 0 bridgehead atoms. The average molecular weight is 526 g/mol. The van der Waals surface area contributed by atoms with Crippen molar-refractivity contribution >= 4 is 16.8 Å². The minimum atomic E-state index is -4.69. The van der Waals surface area contributed by atoms with Gasteiger partial charge in [0.1, 0.15) is 5.69 Å². The second kappa shape index (κ2) is 11.1. The monoisotopic (exact) mass is 525 g/mol. The molecule has 3 N–H and O–H groups in total. The molecule has 13 heteroatoms. The molecule has 3 aromatic rings. The Hall–Kier alpha value is -3.13. The van der Waals surface area contributed by atoms with E-state index in [-0.39, 0.29) is 17.6 Å².